The summed E-state index contributed by atoms with van der Waals surface area (Å²) in [5.74, 6) is 1.18. The minimum atomic E-state index is 0.405. The molecule has 1 aromatic heterocycles. The minimum Gasteiger partial charge on any atom is -0.371 e. The molecule has 2 bridgehead atoms. The second kappa shape index (κ2) is 6.32. The first kappa shape index (κ1) is 14.8. The van der Waals surface area contributed by atoms with E-state index < -0.39 is 0 Å². The van der Waals surface area contributed by atoms with Crippen molar-refractivity contribution < 1.29 is 4.74 Å². The Kier molecular flexibility index (Phi) is 4.45. The Morgan fingerprint density at radius 2 is 2.00 bits per heavy atom. The highest BCUT2D eigenvalue weighted by atomic mass is 16.5. The molecule has 0 saturated carbocycles. The smallest absolute Gasteiger partial charge is 0.133 e. The lowest BCUT2D eigenvalue weighted by Gasteiger charge is -2.34. The number of nitrogens with one attached hydrogen (secondary N) is 1. The van der Waals surface area contributed by atoms with Crippen molar-refractivity contribution in [3.63, 3.8) is 0 Å². The van der Waals surface area contributed by atoms with Crippen LogP contribution in [-0.2, 0) is 11.3 Å². The molecule has 116 valence electrons. The summed E-state index contributed by atoms with van der Waals surface area (Å²) in [5.41, 5.74) is 3.82. The van der Waals surface area contributed by atoms with Crippen molar-refractivity contribution in [2.75, 3.05) is 24.5 Å². The number of hydrogen-bond acceptors (Lipinski definition) is 4. The fourth-order valence-corrected chi connectivity index (χ4v) is 3.50. The molecule has 1 N–H and O–H groups in total. The van der Waals surface area contributed by atoms with Crippen LogP contribution in [0.25, 0.3) is 0 Å². The Labute approximate surface area is 127 Å². The molecule has 1 aromatic rings. The van der Waals surface area contributed by atoms with Gasteiger partial charge in [0.05, 0.1) is 12.2 Å². The van der Waals surface area contributed by atoms with E-state index in [1.54, 1.807) is 0 Å². The van der Waals surface area contributed by atoms with Crippen molar-refractivity contribution >= 4 is 5.82 Å². The number of anilines is 1. The first-order valence-corrected chi connectivity index (χ1v) is 8.25. The number of rotatable bonds is 5. The van der Waals surface area contributed by atoms with E-state index >= 15 is 0 Å². The number of nitrogens with zero attached hydrogens (tertiary/aromatic N) is 2. The van der Waals surface area contributed by atoms with Crippen LogP contribution in [0.2, 0.25) is 0 Å². The number of ether oxygens (including phenoxy) is 1. The number of pyridine rings is 1. The second-order valence-corrected chi connectivity index (χ2v) is 6.42. The third kappa shape index (κ3) is 3.22. The molecule has 4 heteroatoms. The van der Waals surface area contributed by atoms with E-state index in [-0.39, 0.29) is 0 Å². The Morgan fingerprint density at radius 1 is 1.29 bits per heavy atom. The summed E-state index contributed by atoms with van der Waals surface area (Å²) >= 11 is 0. The predicted molar refractivity (Wildman–Crippen MR) is 85.8 cm³/mol. The van der Waals surface area contributed by atoms with Crippen molar-refractivity contribution in [2.24, 2.45) is 0 Å². The van der Waals surface area contributed by atoms with E-state index in [0.717, 1.165) is 38.3 Å². The topological polar surface area (TPSA) is 37.4 Å². The average molecular weight is 289 g/mol. The molecular formula is C17H27N3O. The zero-order valence-electron chi connectivity index (χ0n) is 13.5. The number of aromatic nitrogens is 1. The van der Waals surface area contributed by atoms with Crippen LogP contribution >= 0.6 is 0 Å². The summed E-state index contributed by atoms with van der Waals surface area (Å²) in [7, 11) is 0. The summed E-state index contributed by atoms with van der Waals surface area (Å²) in [6.45, 7) is 10.5. The van der Waals surface area contributed by atoms with Gasteiger partial charge in [0.2, 0.25) is 0 Å². The number of hydrogen-bond donors (Lipinski definition) is 1. The highest BCUT2D eigenvalue weighted by molar-refractivity contribution is 5.52. The zero-order chi connectivity index (χ0) is 14.8. The summed E-state index contributed by atoms with van der Waals surface area (Å²) in [4.78, 5) is 7.32. The van der Waals surface area contributed by atoms with E-state index in [4.69, 9.17) is 9.72 Å². The molecule has 2 aliphatic rings. The lowest BCUT2D eigenvalue weighted by Crippen LogP contribution is -2.43. The highest BCUT2D eigenvalue weighted by Crippen LogP contribution is 2.31. The first-order valence-electron chi connectivity index (χ1n) is 8.25. The van der Waals surface area contributed by atoms with Gasteiger partial charge in [-0.05, 0) is 51.3 Å². The normalized spacial score (nSPS) is 24.6. The maximum absolute atomic E-state index is 5.96. The number of fused-ring (bicyclic) bond motifs is 2. The van der Waals surface area contributed by atoms with Crippen molar-refractivity contribution in [3.05, 3.63) is 22.9 Å². The van der Waals surface area contributed by atoms with Gasteiger partial charge in [-0.1, -0.05) is 6.92 Å². The third-order valence-corrected chi connectivity index (χ3v) is 4.53. The number of aryl methyl sites for hydroxylation is 2. The van der Waals surface area contributed by atoms with E-state index in [9.17, 15) is 0 Å². The van der Waals surface area contributed by atoms with Gasteiger partial charge in [-0.3, -0.25) is 0 Å². The maximum atomic E-state index is 5.96. The molecule has 2 saturated heterocycles. The predicted octanol–water partition coefficient (Wildman–Crippen LogP) is 2.57. The van der Waals surface area contributed by atoms with E-state index in [1.165, 1.54) is 29.8 Å². The molecule has 21 heavy (non-hydrogen) atoms. The van der Waals surface area contributed by atoms with Crippen LogP contribution in [0.1, 0.15) is 43.0 Å². The van der Waals surface area contributed by atoms with Gasteiger partial charge in [-0.2, -0.15) is 0 Å². The second-order valence-electron chi connectivity index (χ2n) is 6.42. The van der Waals surface area contributed by atoms with Gasteiger partial charge in [-0.25, -0.2) is 4.98 Å². The van der Waals surface area contributed by atoms with Gasteiger partial charge >= 0.3 is 0 Å². The minimum absolute atomic E-state index is 0.405. The van der Waals surface area contributed by atoms with Gasteiger partial charge in [0.1, 0.15) is 5.82 Å². The Bertz CT molecular complexity index is 491. The zero-order valence-corrected chi connectivity index (χ0v) is 13.5. The molecule has 0 spiro atoms. The van der Waals surface area contributed by atoms with Crippen molar-refractivity contribution in [1.82, 2.24) is 10.3 Å². The average Bonchev–Trinajstić information content (AvgIpc) is 2.79. The van der Waals surface area contributed by atoms with Gasteiger partial charge < -0.3 is 15.0 Å². The first-order chi connectivity index (χ1) is 10.2. The molecule has 2 unspecified atom stereocenters. The molecule has 2 atom stereocenters. The molecule has 2 fully saturated rings. The van der Waals surface area contributed by atoms with Crippen LogP contribution in [0.4, 0.5) is 5.82 Å². The highest BCUT2D eigenvalue weighted by Gasteiger charge is 2.35. The molecular weight excluding hydrogens is 262 g/mol. The van der Waals surface area contributed by atoms with E-state index in [0.29, 0.717) is 12.2 Å². The fourth-order valence-electron chi connectivity index (χ4n) is 3.50. The molecule has 3 heterocycles. The molecule has 4 nitrogen and oxygen atoms in total. The van der Waals surface area contributed by atoms with Crippen LogP contribution in [0.5, 0.6) is 0 Å². The third-order valence-electron chi connectivity index (χ3n) is 4.53. The summed E-state index contributed by atoms with van der Waals surface area (Å²) < 4.78 is 5.96. The van der Waals surface area contributed by atoms with Crippen LogP contribution in [0.3, 0.4) is 0 Å². The lowest BCUT2D eigenvalue weighted by atomic mass is 10.1. The molecule has 0 radical (unpaired) electrons. The fraction of sp³-hybridized carbons (Fsp3) is 0.706. The largest absolute Gasteiger partial charge is 0.371 e. The SMILES string of the molecule is CCCNCc1c(C)cc(C)nc1N1CC2CCC(C1)O2. The molecule has 0 aromatic carbocycles. The van der Waals surface area contributed by atoms with E-state index in [1.807, 2.05) is 0 Å². The Balaban J connectivity index is 1.85. The van der Waals surface area contributed by atoms with E-state index in [2.05, 4.69) is 37.1 Å². The summed E-state index contributed by atoms with van der Waals surface area (Å²) in [5, 5.41) is 3.53. The monoisotopic (exact) mass is 289 g/mol. The van der Waals surface area contributed by atoms with Gasteiger partial charge in [-0.15, -0.1) is 0 Å². The van der Waals surface area contributed by atoms with Crippen LogP contribution in [-0.4, -0.2) is 36.8 Å². The summed E-state index contributed by atoms with van der Waals surface area (Å²) in [6.07, 6.45) is 4.38. The number of morpholine rings is 1. The van der Waals surface area contributed by atoms with Crippen LogP contribution in [0.15, 0.2) is 6.07 Å². The summed E-state index contributed by atoms with van der Waals surface area (Å²) in [6, 6.07) is 2.20. The molecule has 0 aliphatic carbocycles. The van der Waals surface area contributed by atoms with Crippen LogP contribution in [0, 0.1) is 13.8 Å². The van der Waals surface area contributed by atoms with Crippen molar-refractivity contribution in [2.45, 2.75) is 58.8 Å². The maximum Gasteiger partial charge on any atom is 0.133 e. The van der Waals surface area contributed by atoms with Gasteiger partial charge in [0, 0.05) is 30.9 Å². The van der Waals surface area contributed by atoms with Crippen molar-refractivity contribution in [3.8, 4) is 0 Å². The quantitative estimate of drug-likeness (QED) is 0.845. The Hall–Kier alpha value is -1.13. The molecule has 2 aliphatic heterocycles. The lowest BCUT2D eigenvalue weighted by molar-refractivity contribution is 0.0301. The molecule has 3 rings (SSSR count). The van der Waals surface area contributed by atoms with Crippen LogP contribution < -0.4 is 10.2 Å². The van der Waals surface area contributed by atoms with Gasteiger partial charge in [0.15, 0.2) is 0 Å². The standard InChI is InChI=1S/C17H27N3O/c1-4-7-18-9-16-12(2)8-13(3)19-17(16)20-10-14-5-6-15(11-20)21-14/h8,14-15,18H,4-7,9-11H2,1-3H3. The Morgan fingerprint density at radius 3 is 2.67 bits per heavy atom. The molecule has 0 amide bonds. The van der Waals surface area contributed by atoms with Gasteiger partial charge in [0.25, 0.3) is 0 Å². The van der Waals surface area contributed by atoms with Crippen molar-refractivity contribution in [1.29, 1.82) is 0 Å².